The highest BCUT2D eigenvalue weighted by molar-refractivity contribution is 7.87. The van der Waals surface area contributed by atoms with E-state index in [4.69, 9.17) is 6.42 Å². The Balaban J connectivity index is 2.64. The van der Waals surface area contributed by atoms with E-state index >= 15 is 0 Å². The van der Waals surface area contributed by atoms with Crippen molar-refractivity contribution < 1.29 is 8.42 Å². The summed E-state index contributed by atoms with van der Waals surface area (Å²) >= 11 is 0. The van der Waals surface area contributed by atoms with Crippen LogP contribution in [0.5, 0.6) is 0 Å². The van der Waals surface area contributed by atoms with Crippen LogP contribution in [0.2, 0.25) is 0 Å². The van der Waals surface area contributed by atoms with Crippen LogP contribution in [0.3, 0.4) is 0 Å². The predicted octanol–water partition coefficient (Wildman–Crippen LogP) is 1.35. The average molecular weight is 258 g/mol. The van der Waals surface area contributed by atoms with Gasteiger partial charge in [0.2, 0.25) is 0 Å². The first-order valence-electron chi connectivity index (χ1n) is 6.23. The van der Waals surface area contributed by atoms with Gasteiger partial charge in [-0.1, -0.05) is 26.2 Å². The maximum Gasteiger partial charge on any atom is 0.280 e. The summed E-state index contributed by atoms with van der Waals surface area (Å²) in [6, 6.07) is -0.387. The molecule has 0 aromatic heterocycles. The normalized spacial score (nSPS) is 24.2. The van der Waals surface area contributed by atoms with E-state index in [1.807, 2.05) is 6.92 Å². The maximum absolute atomic E-state index is 12.1. The highest BCUT2D eigenvalue weighted by Crippen LogP contribution is 2.18. The molecule has 1 aliphatic rings. The molecule has 0 aliphatic carbocycles. The number of terminal acetylenes is 1. The molecule has 0 amide bonds. The predicted molar refractivity (Wildman–Crippen MR) is 69.6 cm³/mol. The second kappa shape index (κ2) is 6.39. The molecule has 1 saturated heterocycles. The number of piperidine rings is 1. The van der Waals surface area contributed by atoms with Crippen LogP contribution < -0.4 is 4.72 Å². The molecule has 0 bridgehead atoms. The quantitative estimate of drug-likeness (QED) is 0.757. The smallest absolute Gasteiger partial charge is 0.195 e. The molecule has 2 unspecified atom stereocenters. The molecule has 1 rings (SSSR count). The summed E-state index contributed by atoms with van der Waals surface area (Å²) in [6.07, 6.45) is 8.90. The van der Waals surface area contributed by atoms with Crippen molar-refractivity contribution in [2.24, 2.45) is 5.92 Å². The standard InChI is InChI=1S/C12H22N2O2S/c1-4-7-12(5-2)13-17(15,16)14-9-6-8-11(3)10-14/h2,11-13H,4,6-10H2,1,3H3. The molecular weight excluding hydrogens is 236 g/mol. The van der Waals surface area contributed by atoms with Gasteiger partial charge in [0.1, 0.15) is 0 Å². The first-order valence-corrected chi connectivity index (χ1v) is 7.67. The van der Waals surface area contributed by atoms with Crippen molar-refractivity contribution in [1.82, 2.24) is 9.03 Å². The molecule has 17 heavy (non-hydrogen) atoms. The lowest BCUT2D eigenvalue weighted by atomic mass is 10.0. The molecule has 1 aliphatic heterocycles. The van der Waals surface area contributed by atoms with Gasteiger partial charge in [-0.15, -0.1) is 6.42 Å². The van der Waals surface area contributed by atoms with Crippen molar-refractivity contribution in [3.63, 3.8) is 0 Å². The van der Waals surface area contributed by atoms with E-state index in [-0.39, 0.29) is 6.04 Å². The lowest BCUT2D eigenvalue weighted by Crippen LogP contribution is -2.48. The van der Waals surface area contributed by atoms with E-state index in [1.54, 1.807) is 0 Å². The van der Waals surface area contributed by atoms with E-state index in [9.17, 15) is 8.42 Å². The van der Waals surface area contributed by atoms with Crippen molar-refractivity contribution in [3.05, 3.63) is 0 Å². The number of hydrogen-bond donors (Lipinski definition) is 1. The van der Waals surface area contributed by atoms with Crippen LogP contribution in [-0.4, -0.2) is 31.9 Å². The molecule has 98 valence electrons. The Morgan fingerprint density at radius 3 is 2.82 bits per heavy atom. The fourth-order valence-electron chi connectivity index (χ4n) is 2.08. The van der Waals surface area contributed by atoms with Crippen molar-refractivity contribution in [2.45, 2.75) is 45.6 Å². The third-order valence-corrected chi connectivity index (χ3v) is 4.62. The Bertz CT molecular complexity index is 372. The molecular formula is C12H22N2O2S. The number of nitrogens with zero attached hydrogens (tertiary/aromatic N) is 1. The van der Waals surface area contributed by atoms with Gasteiger partial charge in [-0.25, -0.2) is 0 Å². The zero-order chi connectivity index (χ0) is 12.9. The summed E-state index contributed by atoms with van der Waals surface area (Å²) in [4.78, 5) is 0. The Hall–Kier alpha value is -0.570. The van der Waals surface area contributed by atoms with E-state index in [2.05, 4.69) is 17.6 Å². The highest BCUT2D eigenvalue weighted by Gasteiger charge is 2.28. The lowest BCUT2D eigenvalue weighted by molar-refractivity contribution is 0.277. The van der Waals surface area contributed by atoms with Gasteiger partial charge in [0.25, 0.3) is 10.2 Å². The first-order chi connectivity index (χ1) is 7.99. The van der Waals surface area contributed by atoms with Crippen LogP contribution >= 0.6 is 0 Å². The third kappa shape index (κ3) is 4.30. The fourth-order valence-corrected chi connectivity index (χ4v) is 3.60. The number of hydrogen-bond acceptors (Lipinski definition) is 2. The molecule has 0 aromatic carbocycles. The molecule has 1 N–H and O–H groups in total. The van der Waals surface area contributed by atoms with Crippen LogP contribution in [0.1, 0.15) is 39.5 Å². The molecule has 5 heteroatoms. The zero-order valence-corrected chi connectivity index (χ0v) is 11.5. The molecule has 4 nitrogen and oxygen atoms in total. The topological polar surface area (TPSA) is 49.4 Å². The van der Waals surface area contributed by atoms with Crippen LogP contribution in [0.25, 0.3) is 0 Å². The summed E-state index contributed by atoms with van der Waals surface area (Å²) in [5.41, 5.74) is 0. The van der Waals surface area contributed by atoms with Gasteiger partial charge in [0, 0.05) is 13.1 Å². The third-order valence-electron chi connectivity index (χ3n) is 3.03. The molecule has 1 fully saturated rings. The van der Waals surface area contributed by atoms with Crippen molar-refractivity contribution >= 4 is 10.2 Å². The van der Waals surface area contributed by atoms with Crippen LogP contribution in [0.4, 0.5) is 0 Å². The van der Waals surface area contributed by atoms with E-state index in [1.165, 1.54) is 4.31 Å². The van der Waals surface area contributed by atoms with Crippen molar-refractivity contribution in [1.29, 1.82) is 0 Å². The minimum absolute atomic E-state index is 0.387. The van der Waals surface area contributed by atoms with Gasteiger partial charge in [0.15, 0.2) is 0 Å². The second-order valence-electron chi connectivity index (χ2n) is 4.74. The van der Waals surface area contributed by atoms with Crippen LogP contribution in [0, 0.1) is 18.3 Å². The van der Waals surface area contributed by atoms with Crippen LogP contribution in [-0.2, 0) is 10.2 Å². The number of nitrogens with one attached hydrogen (secondary N) is 1. The Kier molecular flexibility index (Phi) is 5.44. The Labute approximate surface area is 105 Å². The van der Waals surface area contributed by atoms with Crippen molar-refractivity contribution in [2.75, 3.05) is 13.1 Å². The Morgan fingerprint density at radius 1 is 1.59 bits per heavy atom. The van der Waals surface area contributed by atoms with Gasteiger partial charge in [-0.3, -0.25) is 0 Å². The summed E-state index contributed by atoms with van der Waals surface area (Å²) in [5, 5.41) is 0. The van der Waals surface area contributed by atoms with Crippen molar-refractivity contribution in [3.8, 4) is 12.3 Å². The molecule has 1 heterocycles. The monoisotopic (exact) mass is 258 g/mol. The second-order valence-corrected chi connectivity index (χ2v) is 6.44. The van der Waals surface area contributed by atoms with Gasteiger partial charge < -0.3 is 0 Å². The summed E-state index contributed by atoms with van der Waals surface area (Å²) in [5.74, 6) is 2.92. The first kappa shape index (κ1) is 14.5. The van der Waals surface area contributed by atoms with Gasteiger partial charge in [0.05, 0.1) is 6.04 Å². The number of rotatable bonds is 5. The lowest BCUT2D eigenvalue weighted by Gasteiger charge is -2.30. The summed E-state index contributed by atoms with van der Waals surface area (Å²) in [6.45, 7) is 5.26. The van der Waals surface area contributed by atoms with E-state index < -0.39 is 10.2 Å². The largest absolute Gasteiger partial charge is 0.280 e. The average Bonchev–Trinajstić information content (AvgIpc) is 2.28. The van der Waals surface area contributed by atoms with E-state index in [0.29, 0.717) is 25.4 Å². The minimum atomic E-state index is -3.41. The molecule has 0 saturated carbocycles. The van der Waals surface area contributed by atoms with Crippen LogP contribution in [0.15, 0.2) is 0 Å². The fraction of sp³-hybridized carbons (Fsp3) is 0.833. The van der Waals surface area contributed by atoms with Gasteiger partial charge in [-0.2, -0.15) is 17.4 Å². The Morgan fingerprint density at radius 2 is 2.29 bits per heavy atom. The highest BCUT2D eigenvalue weighted by atomic mass is 32.2. The zero-order valence-electron chi connectivity index (χ0n) is 10.6. The summed E-state index contributed by atoms with van der Waals surface area (Å²) < 4.78 is 28.3. The minimum Gasteiger partial charge on any atom is -0.195 e. The molecule has 0 radical (unpaired) electrons. The van der Waals surface area contributed by atoms with E-state index in [0.717, 1.165) is 19.3 Å². The summed E-state index contributed by atoms with van der Waals surface area (Å²) in [7, 11) is -3.41. The molecule has 0 aromatic rings. The van der Waals surface area contributed by atoms with Gasteiger partial charge in [-0.05, 0) is 25.2 Å². The molecule has 0 spiro atoms. The molecule has 2 atom stereocenters. The van der Waals surface area contributed by atoms with Gasteiger partial charge >= 0.3 is 0 Å². The maximum atomic E-state index is 12.1. The SMILES string of the molecule is C#CC(CCC)NS(=O)(=O)N1CCCC(C)C1.